The van der Waals surface area contributed by atoms with E-state index in [0.717, 1.165) is 36.5 Å². The van der Waals surface area contributed by atoms with Crippen LogP contribution < -0.4 is 5.32 Å². The highest BCUT2D eigenvalue weighted by Crippen LogP contribution is 2.17. The average Bonchev–Trinajstić information content (AvgIpc) is 3.53. The number of piperazine rings is 1. The normalized spacial score (nSPS) is 15.3. The van der Waals surface area contributed by atoms with Gasteiger partial charge in [0.05, 0.1) is 16.3 Å². The number of nitrogens with zero attached hydrogens (tertiary/aromatic N) is 4. The standard InChI is InChI=1S/C27H29N5O2S/c1-20-23(32-12-6-5-11-25(32)28-20)19-30-13-15-31(16-14-30)27(34)22(18-21-8-3-2-4-9-21)29-26(33)24-10-7-17-35-24/h2-12,17,22H,13-16,18-19H2,1H3,(H,29,33). The number of carbonyl (C=O) groups is 2. The van der Waals surface area contributed by atoms with E-state index in [1.807, 2.05) is 71.8 Å². The quantitative estimate of drug-likeness (QED) is 0.434. The highest BCUT2D eigenvalue weighted by molar-refractivity contribution is 7.12. The van der Waals surface area contributed by atoms with E-state index in [-0.39, 0.29) is 11.8 Å². The fraction of sp³-hybridized carbons (Fsp3) is 0.296. The van der Waals surface area contributed by atoms with Crippen molar-refractivity contribution in [2.24, 2.45) is 0 Å². The van der Waals surface area contributed by atoms with Gasteiger partial charge in [0.25, 0.3) is 5.91 Å². The molecule has 1 aromatic carbocycles. The zero-order chi connectivity index (χ0) is 24.2. The summed E-state index contributed by atoms with van der Waals surface area (Å²) in [5, 5.41) is 4.86. The number of hydrogen-bond donors (Lipinski definition) is 1. The summed E-state index contributed by atoms with van der Waals surface area (Å²) in [6.45, 7) is 5.67. The molecule has 4 aromatic rings. The second-order valence-electron chi connectivity index (χ2n) is 8.87. The molecule has 35 heavy (non-hydrogen) atoms. The second kappa shape index (κ2) is 10.4. The molecular weight excluding hydrogens is 458 g/mol. The van der Waals surface area contributed by atoms with Crippen LogP contribution in [0.15, 0.2) is 72.2 Å². The van der Waals surface area contributed by atoms with Crippen LogP contribution in [0, 0.1) is 6.92 Å². The Hall–Kier alpha value is -3.49. The van der Waals surface area contributed by atoms with Gasteiger partial charge in [-0.25, -0.2) is 4.98 Å². The maximum Gasteiger partial charge on any atom is 0.262 e. The average molecular weight is 488 g/mol. The number of pyridine rings is 1. The van der Waals surface area contributed by atoms with Gasteiger partial charge in [0.1, 0.15) is 11.7 Å². The highest BCUT2D eigenvalue weighted by Gasteiger charge is 2.29. The minimum absolute atomic E-state index is 0.0237. The molecule has 8 heteroatoms. The molecule has 1 unspecified atom stereocenters. The van der Waals surface area contributed by atoms with E-state index >= 15 is 0 Å². The first-order chi connectivity index (χ1) is 17.1. The van der Waals surface area contributed by atoms with Crippen LogP contribution in [0.25, 0.3) is 5.65 Å². The molecule has 180 valence electrons. The van der Waals surface area contributed by atoms with Crippen molar-refractivity contribution in [1.29, 1.82) is 0 Å². The molecule has 0 spiro atoms. The van der Waals surface area contributed by atoms with Gasteiger partial charge in [0, 0.05) is 45.3 Å². The zero-order valence-corrected chi connectivity index (χ0v) is 20.6. The summed E-state index contributed by atoms with van der Waals surface area (Å²) >= 11 is 1.38. The van der Waals surface area contributed by atoms with Crippen LogP contribution in [0.5, 0.6) is 0 Å². The molecule has 7 nitrogen and oxygen atoms in total. The fourth-order valence-corrected chi connectivity index (χ4v) is 5.23. The number of carbonyl (C=O) groups excluding carboxylic acids is 2. The third kappa shape index (κ3) is 5.28. The van der Waals surface area contributed by atoms with E-state index in [1.165, 1.54) is 17.0 Å². The van der Waals surface area contributed by atoms with Crippen molar-refractivity contribution in [1.82, 2.24) is 24.5 Å². The van der Waals surface area contributed by atoms with Crippen molar-refractivity contribution in [3.63, 3.8) is 0 Å². The molecule has 0 radical (unpaired) electrons. The number of benzene rings is 1. The SMILES string of the molecule is Cc1nc2ccccn2c1CN1CCN(C(=O)C(Cc2ccccc2)NC(=O)c2cccs2)CC1. The van der Waals surface area contributed by atoms with Crippen molar-refractivity contribution in [3.05, 3.63) is 94.1 Å². The lowest BCUT2D eigenvalue weighted by molar-refractivity contribution is -0.135. The van der Waals surface area contributed by atoms with Crippen LogP contribution in [0.1, 0.15) is 26.6 Å². The molecule has 4 heterocycles. The summed E-state index contributed by atoms with van der Waals surface area (Å²) in [7, 11) is 0. The minimum atomic E-state index is -0.598. The summed E-state index contributed by atoms with van der Waals surface area (Å²) in [5.74, 6) is -0.222. The Labute approximate surface area is 209 Å². The largest absolute Gasteiger partial charge is 0.339 e. The molecule has 1 aliphatic rings. The number of rotatable bonds is 7. The molecule has 1 fully saturated rings. The van der Waals surface area contributed by atoms with E-state index in [2.05, 4.69) is 25.8 Å². The Morgan fingerprint density at radius 3 is 2.51 bits per heavy atom. The van der Waals surface area contributed by atoms with E-state index in [9.17, 15) is 9.59 Å². The van der Waals surface area contributed by atoms with Gasteiger partial charge >= 0.3 is 0 Å². The van der Waals surface area contributed by atoms with E-state index < -0.39 is 6.04 Å². The number of imidazole rings is 1. The number of thiophene rings is 1. The predicted molar refractivity (Wildman–Crippen MR) is 138 cm³/mol. The first-order valence-corrected chi connectivity index (χ1v) is 12.8. The first-order valence-electron chi connectivity index (χ1n) is 11.9. The van der Waals surface area contributed by atoms with E-state index in [0.29, 0.717) is 24.4 Å². The fourth-order valence-electron chi connectivity index (χ4n) is 4.60. The summed E-state index contributed by atoms with van der Waals surface area (Å²) in [4.78, 5) is 35.9. The lowest BCUT2D eigenvalue weighted by Gasteiger charge is -2.36. The number of hydrogen-bond acceptors (Lipinski definition) is 5. The van der Waals surface area contributed by atoms with Crippen molar-refractivity contribution >= 4 is 28.8 Å². The summed E-state index contributed by atoms with van der Waals surface area (Å²) in [6, 6.07) is 18.9. The minimum Gasteiger partial charge on any atom is -0.339 e. The smallest absolute Gasteiger partial charge is 0.262 e. The highest BCUT2D eigenvalue weighted by atomic mass is 32.1. The predicted octanol–water partition coefficient (Wildman–Crippen LogP) is 3.39. The summed E-state index contributed by atoms with van der Waals surface area (Å²) in [6.07, 6.45) is 2.52. The van der Waals surface area contributed by atoms with Crippen molar-refractivity contribution in [2.75, 3.05) is 26.2 Å². The van der Waals surface area contributed by atoms with Gasteiger partial charge in [-0.3, -0.25) is 14.5 Å². The zero-order valence-electron chi connectivity index (χ0n) is 19.8. The molecule has 3 aromatic heterocycles. The van der Waals surface area contributed by atoms with E-state index in [4.69, 9.17) is 0 Å². The van der Waals surface area contributed by atoms with Gasteiger partial charge in [-0.1, -0.05) is 42.5 Å². The molecule has 1 N–H and O–H groups in total. The molecule has 1 aliphatic heterocycles. The monoisotopic (exact) mass is 487 g/mol. The van der Waals surface area contributed by atoms with Crippen LogP contribution in [-0.4, -0.2) is 63.2 Å². The molecule has 0 aliphatic carbocycles. The van der Waals surface area contributed by atoms with Gasteiger partial charge in [0.15, 0.2) is 0 Å². The molecule has 0 bridgehead atoms. The maximum atomic E-state index is 13.5. The molecule has 2 amide bonds. The van der Waals surface area contributed by atoms with Crippen LogP contribution in [0.2, 0.25) is 0 Å². The van der Waals surface area contributed by atoms with Crippen molar-refractivity contribution < 1.29 is 9.59 Å². The Balaban J connectivity index is 1.25. The summed E-state index contributed by atoms with van der Waals surface area (Å²) in [5.41, 5.74) is 4.21. The van der Waals surface area contributed by atoms with Crippen molar-refractivity contribution in [2.45, 2.75) is 25.9 Å². The van der Waals surface area contributed by atoms with Gasteiger partial charge in [0.2, 0.25) is 5.91 Å². The number of aromatic nitrogens is 2. The Morgan fingerprint density at radius 1 is 1.00 bits per heavy atom. The van der Waals surface area contributed by atoms with Crippen LogP contribution in [0.4, 0.5) is 0 Å². The van der Waals surface area contributed by atoms with Crippen molar-refractivity contribution in [3.8, 4) is 0 Å². The molecule has 1 atom stereocenters. The Morgan fingerprint density at radius 2 is 1.77 bits per heavy atom. The third-order valence-electron chi connectivity index (χ3n) is 6.52. The van der Waals surface area contributed by atoms with Gasteiger partial charge in [-0.2, -0.15) is 0 Å². The first kappa shape index (κ1) is 23.3. The second-order valence-corrected chi connectivity index (χ2v) is 9.81. The number of fused-ring (bicyclic) bond motifs is 1. The van der Waals surface area contributed by atoms with Gasteiger partial charge < -0.3 is 14.6 Å². The van der Waals surface area contributed by atoms with Gasteiger partial charge in [-0.05, 0) is 36.1 Å². The van der Waals surface area contributed by atoms with Crippen LogP contribution >= 0.6 is 11.3 Å². The number of nitrogens with one attached hydrogen (secondary N) is 1. The molecule has 1 saturated heterocycles. The lowest BCUT2D eigenvalue weighted by Crippen LogP contribution is -2.55. The number of amides is 2. The lowest BCUT2D eigenvalue weighted by atomic mass is 10.0. The molecule has 5 rings (SSSR count). The van der Waals surface area contributed by atoms with E-state index in [1.54, 1.807) is 6.07 Å². The maximum absolute atomic E-state index is 13.5. The Bertz CT molecular complexity index is 1290. The topological polar surface area (TPSA) is 70.0 Å². The van der Waals surface area contributed by atoms with Gasteiger partial charge in [-0.15, -0.1) is 11.3 Å². The molecule has 0 saturated carbocycles. The molecular formula is C27H29N5O2S. The van der Waals surface area contributed by atoms with Crippen LogP contribution in [-0.2, 0) is 17.8 Å². The van der Waals surface area contributed by atoms with Crippen LogP contribution in [0.3, 0.4) is 0 Å². The third-order valence-corrected chi connectivity index (χ3v) is 7.39. The Kier molecular flexibility index (Phi) is 6.92. The summed E-state index contributed by atoms with van der Waals surface area (Å²) < 4.78 is 2.14. The number of aryl methyl sites for hydroxylation is 1.